The molecular formula is C20H26N4O2. The van der Waals surface area contributed by atoms with E-state index < -0.39 is 0 Å². The summed E-state index contributed by atoms with van der Waals surface area (Å²) in [5.41, 5.74) is 2.40. The first-order valence-electron chi connectivity index (χ1n) is 9.01. The Morgan fingerprint density at radius 2 is 1.88 bits per heavy atom. The third-order valence-electron chi connectivity index (χ3n) is 4.64. The molecule has 2 aromatic rings. The van der Waals surface area contributed by atoms with Crippen LogP contribution in [0.15, 0.2) is 48.8 Å². The maximum atomic E-state index is 12.3. The normalized spacial score (nSPS) is 14.9. The van der Waals surface area contributed by atoms with Crippen LogP contribution in [0.3, 0.4) is 0 Å². The van der Waals surface area contributed by atoms with Crippen LogP contribution >= 0.6 is 0 Å². The number of urea groups is 1. The average Bonchev–Trinajstić information content (AvgIpc) is 2.70. The highest BCUT2D eigenvalue weighted by Crippen LogP contribution is 2.11. The van der Waals surface area contributed by atoms with Crippen molar-refractivity contribution in [3.63, 3.8) is 0 Å². The molecule has 1 saturated heterocycles. The van der Waals surface area contributed by atoms with Crippen LogP contribution in [-0.4, -0.2) is 60.6 Å². The van der Waals surface area contributed by atoms with Gasteiger partial charge in [-0.2, -0.15) is 0 Å². The van der Waals surface area contributed by atoms with Gasteiger partial charge in [0.05, 0.1) is 7.11 Å². The van der Waals surface area contributed by atoms with E-state index in [9.17, 15) is 4.79 Å². The van der Waals surface area contributed by atoms with Gasteiger partial charge >= 0.3 is 6.03 Å². The van der Waals surface area contributed by atoms with Gasteiger partial charge in [-0.15, -0.1) is 0 Å². The highest BCUT2D eigenvalue weighted by atomic mass is 16.5. The molecule has 138 valence electrons. The number of carbonyl (C=O) groups is 1. The SMILES string of the molecule is COc1ccc(CCNC(=O)N2CCN(Cc3cccnc3)CC2)cc1. The number of ether oxygens (including phenoxy) is 1. The molecule has 0 atom stereocenters. The highest BCUT2D eigenvalue weighted by molar-refractivity contribution is 5.74. The molecule has 2 amide bonds. The number of amides is 2. The highest BCUT2D eigenvalue weighted by Gasteiger charge is 2.20. The first kappa shape index (κ1) is 18.2. The van der Waals surface area contributed by atoms with Crippen LogP contribution < -0.4 is 10.1 Å². The van der Waals surface area contributed by atoms with Crippen molar-refractivity contribution in [3.05, 3.63) is 59.9 Å². The summed E-state index contributed by atoms with van der Waals surface area (Å²) in [4.78, 5) is 20.7. The van der Waals surface area contributed by atoms with Crippen LogP contribution in [-0.2, 0) is 13.0 Å². The zero-order chi connectivity index (χ0) is 18.2. The van der Waals surface area contributed by atoms with Crippen LogP contribution in [0.2, 0.25) is 0 Å². The molecular weight excluding hydrogens is 328 g/mol. The van der Waals surface area contributed by atoms with Crippen LogP contribution in [0, 0.1) is 0 Å². The van der Waals surface area contributed by atoms with E-state index in [2.05, 4.69) is 21.3 Å². The minimum atomic E-state index is 0.0274. The van der Waals surface area contributed by atoms with Crippen molar-refractivity contribution in [1.29, 1.82) is 0 Å². The van der Waals surface area contributed by atoms with Crippen molar-refractivity contribution in [3.8, 4) is 5.75 Å². The molecule has 26 heavy (non-hydrogen) atoms. The Hall–Kier alpha value is -2.60. The first-order valence-corrected chi connectivity index (χ1v) is 9.01. The maximum Gasteiger partial charge on any atom is 0.317 e. The summed E-state index contributed by atoms with van der Waals surface area (Å²) in [6, 6.07) is 12.0. The molecule has 3 rings (SSSR count). The van der Waals surface area contributed by atoms with Crippen molar-refractivity contribution >= 4 is 6.03 Å². The Balaban J connectivity index is 1.36. The quantitative estimate of drug-likeness (QED) is 0.864. The van der Waals surface area contributed by atoms with Gasteiger partial charge in [0.1, 0.15) is 5.75 Å². The number of nitrogens with one attached hydrogen (secondary N) is 1. The molecule has 1 aromatic heterocycles. The third kappa shape index (κ3) is 5.20. The molecule has 1 N–H and O–H groups in total. The van der Waals surface area contributed by atoms with Crippen molar-refractivity contribution < 1.29 is 9.53 Å². The number of nitrogens with zero attached hydrogens (tertiary/aromatic N) is 3. The molecule has 1 aliphatic heterocycles. The van der Waals surface area contributed by atoms with Gasteiger partial charge in [-0.1, -0.05) is 18.2 Å². The minimum Gasteiger partial charge on any atom is -0.497 e. The number of benzene rings is 1. The number of methoxy groups -OCH3 is 1. The molecule has 6 heteroatoms. The van der Waals surface area contributed by atoms with Crippen molar-refractivity contribution in [2.45, 2.75) is 13.0 Å². The van der Waals surface area contributed by atoms with E-state index in [4.69, 9.17) is 4.74 Å². The van der Waals surface area contributed by atoms with E-state index >= 15 is 0 Å². The Bertz CT molecular complexity index is 683. The number of aromatic nitrogens is 1. The summed E-state index contributed by atoms with van der Waals surface area (Å²) in [6.45, 7) is 4.83. The third-order valence-corrected chi connectivity index (χ3v) is 4.64. The molecule has 0 saturated carbocycles. The molecule has 0 spiro atoms. The topological polar surface area (TPSA) is 57.7 Å². The van der Waals surface area contributed by atoms with Gasteiger partial charge in [-0.05, 0) is 35.7 Å². The molecule has 1 aromatic carbocycles. The second-order valence-electron chi connectivity index (χ2n) is 6.45. The number of piperazine rings is 1. The monoisotopic (exact) mass is 354 g/mol. The van der Waals surface area contributed by atoms with E-state index in [-0.39, 0.29) is 6.03 Å². The van der Waals surface area contributed by atoms with Crippen LogP contribution in [0.5, 0.6) is 5.75 Å². The fraction of sp³-hybridized carbons (Fsp3) is 0.400. The number of pyridine rings is 1. The van der Waals surface area contributed by atoms with Gasteiger partial charge < -0.3 is 15.0 Å². The summed E-state index contributed by atoms with van der Waals surface area (Å²) >= 11 is 0. The molecule has 0 aliphatic carbocycles. The van der Waals surface area contributed by atoms with E-state index in [0.29, 0.717) is 6.54 Å². The van der Waals surface area contributed by atoms with Gasteiger partial charge in [0.25, 0.3) is 0 Å². The lowest BCUT2D eigenvalue weighted by Crippen LogP contribution is -2.51. The Kier molecular flexibility index (Phi) is 6.44. The van der Waals surface area contributed by atoms with E-state index in [1.807, 2.05) is 41.4 Å². The fourth-order valence-corrected chi connectivity index (χ4v) is 3.08. The largest absolute Gasteiger partial charge is 0.497 e. The van der Waals surface area contributed by atoms with Crippen molar-refractivity contribution in [2.75, 3.05) is 39.8 Å². The van der Waals surface area contributed by atoms with Gasteiger partial charge in [0.2, 0.25) is 0 Å². The van der Waals surface area contributed by atoms with Gasteiger partial charge in [-0.25, -0.2) is 4.79 Å². The number of hydrogen-bond donors (Lipinski definition) is 1. The minimum absolute atomic E-state index is 0.0274. The molecule has 2 heterocycles. The number of rotatable bonds is 6. The second-order valence-corrected chi connectivity index (χ2v) is 6.45. The maximum absolute atomic E-state index is 12.3. The average molecular weight is 354 g/mol. The van der Waals surface area contributed by atoms with Crippen LogP contribution in [0.4, 0.5) is 4.79 Å². The van der Waals surface area contributed by atoms with Crippen LogP contribution in [0.25, 0.3) is 0 Å². The predicted octanol–water partition coefficient (Wildman–Crippen LogP) is 2.16. The van der Waals surface area contributed by atoms with Gasteiger partial charge in [0, 0.05) is 51.7 Å². The number of carbonyl (C=O) groups excluding carboxylic acids is 1. The molecule has 0 unspecified atom stereocenters. The van der Waals surface area contributed by atoms with Crippen LogP contribution in [0.1, 0.15) is 11.1 Å². The summed E-state index contributed by atoms with van der Waals surface area (Å²) in [6.07, 6.45) is 4.51. The molecule has 0 bridgehead atoms. The second kappa shape index (κ2) is 9.20. The van der Waals surface area contributed by atoms with E-state index in [1.54, 1.807) is 13.3 Å². The fourth-order valence-electron chi connectivity index (χ4n) is 3.08. The van der Waals surface area contributed by atoms with Gasteiger partial charge in [0.15, 0.2) is 0 Å². The Morgan fingerprint density at radius 1 is 1.12 bits per heavy atom. The summed E-state index contributed by atoms with van der Waals surface area (Å²) in [5, 5.41) is 3.02. The zero-order valence-corrected chi connectivity index (χ0v) is 15.2. The summed E-state index contributed by atoms with van der Waals surface area (Å²) in [5.74, 6) is 0.849. The first-order chi connectivity index (χ1) is 12.7. The molecule has 1 fully saturated rings. The van der Waals surface area contributed by atoms with Crippen molar-refractivity contribution in [1.82, 2.24) is 20.1 Å². The Labute approximate surface area is 154 Å². The standard InChI is InChI=1S/C20H26N4O2/c1-26-19-6-4-17(5-7-19)8-10-22-20(25)24-13-11-23(12-14-24)16-18-3-2-9-21-15-18/h2-7,9,15H,8,10-14,16H2,1H3,(H,22,25). The predicted molar refractivity (Wildman–Crippen MR) is 101 cm³/mol. The smallest absolute Gasteiger partial charge is 0.317 e. The molecule has 6 nitrogen and oxygen atoms in total. The van der Waals surface area contributed by atoms with Gasteiger partial charge in [-0.3, -0.25) is 9.88 Å². The Morgan fingerprint density at radius 3 is 2.54 bits per heavy atom. The lowest BCUT2D eigenvalue weighted by Gasteiger charge is -2.34. The molecule has 1 aliphatic rings. The summed E-state index contributed by atoms with van der Waals surface area (Å²) < 4.78 is 5.15. The lowest BCUT2D eigenvalue weighted by atomic mass is 10.1. The number of hydrogen-bond acceptors (Lipinski definition) is 4. The lowest BCUT2D eigenvalue weighted by molar-refractivity contribution is 0.135. The van der Waals surface area contributed by atoms with E-state index in [0.717, 1.165) is 44.9 Å². The van der Waals surface area contributed by atoms with E-state index in [1.165, 1.54) is 11.1 Å². The zero-order valence-electron chi connectivity index (χ0n) is 15.2. The molecule has 0 radical (unpaired) electrons. The summed E-state index contributed by atoms with van der Waals surface area (Å²) in [7, 11) is 1.66. The van der Waals surface area contributed by atoms with Crippen molar-refractivity contribution in [2.24, 2.45) is 0 Å².